The van der Waals surface area contributed by atoms with Gasteiger partial charge in [0.25, 0.3) is 0 Å². The highest BCUT2D eigenvalue weighted by atomic mass is 35.5. The predicted octanol–water partition coefficient (Wildman–Crippen LogP) is 2.08. The summed E-state index contributed by atoms with van der Waals surface area (Å²) < 4.78 is 0. The SMILES string of the molecule is CCC(=O)c1cccc(N(N=NC(=N)N)C(=N)N)c1.Cl.Cl. The van der Waals surface area contributed by atoms with E-state index in [0.717, 1.165) is 5.01 Å². The van der Waals surface area contributed by atoms with Crippen molar-refractivity contribution in [3.63, 3.8) is 0 Å². The van der Waals surface area contributed by atoms with Crippen LogP contribution in [0.4, 0.5) is 5.69 Å². The van der Waals surface area contributed by atoms with Crippen molar-refractivity contribution in [2.24, 2.45) is 21.8 Å². The molecule has 0 atom stereocenters. The molecule has 0 aliphatic carbocycles. The van der Waals surface area contributed by atoms with Crippen LogP contribution < -0.4 is 16.5 Å². The summed E-state index contributed by atoms with van der Waals surface area (Å²) >= 11 is 0. The van der Waals surface area contributed by atoms with Crippen molar-refractivity contribution in [2.75, 3.05) is 5.01 Å². The minimum absolute atomic E-state index is 0. The number of benzene rings is 1. The van der Waals surface area contributed by atoms with Crippen molar-refractivity contribution in [1.82, 2.24) is 0 Å². The fourth-order valence-electron chi connectivity index (χ4n) is 1.35. The number of anilines is 1. The molecule has 0 saturated heterocycles. The van der Waals surface area contributed by atoms with E-state index >= 15 is 0 Å². The van der Waals surface area contributed by atoms with Gasteiger partial charge in [-0.15, -0.1) is 24.8 Å². The smallest absolute Gasteiger partial charge is 0.234 e. The van der Waals surface area contributed by atoms with E-state index in [-0.39, 0.29) is 30.6 Å². The number of Topliss-reactive ketones (excluding diaryl/α,β-unsaturated/α-hetero) is 1. The topological polar surface area (TPSA) is 145 Å². The zero-order valence-corrected chi connectivity index (χ0v) is 12.9. The van der Waals surface area contributed by atoms with E-state index in [0.29, 0.717) is 17.7 Å². The van der Waals surface area contributed by atoms with E-state index < -0.39 is 11.9 Å². The van der Waals surface area contributed by atoms with Gasteiger partial charge in [0.05, 0.1) is 5.69 Å². The van der Waals surface area contributed by atoms with Gasteiger partial charge in [-0.05, 0) is 12.1 Å². The number of carbonyl (C=O) groups is 1. The molecule has 0 radical (unpaired) electrons. The highest BCUT2D eigenvalue weighted by Gasteiger charge is 2.11. The third-order valence-electron chi connectivity index (χ3n) is 2.20. The summed E-state index contributed by atoms with van der Waals surface area (Å²) in [6.07, 6.45) is 0.374. The molecular weight excluding hydrogens is 317 g/mol. The molecule has 1 aromatic rings. The second-order valence-corrected chi connectivity index (χ2v) is 3.60. The van der Waals surface area contributed by atoms with Crippen LogP contribution >= 0.6 is 24.8 Å². The lowest BCUT2D eigenvalue weighted by Gasteiger charge is -2.15. The second-order valence-electron chi connectivity index (χ2n) is 3.60. The van der Waals surface area contributed by atoms with Gasteiger partial charge < -0.3 is 11.5 Å². The van der Waals surface area contributed by atoms with Gasteiger partial charge in [0, 0.05) is 12.0 Å². The molecule has 0 unspecified atom stereocenters. The predicted molar refractivity (Wildman–Crippen MR) is 86.7 cm³/mol. The number of nitrogens with one attached hydrogen (secondary N) is 2. The molecule has 10 heteroatoms. The Morgan fingerprint density at radius 1 is 1.29 bits per heavy atom. The highest BCUT2D eigenvalue weighted by Crippen LogP contribution is 2.17. The molecule has 0 aromatic heterocycles. The number of hydrogen-bond donors (Lipinski definition) is 4. The number of ketones is 1. The first kappa shape index (κ1) is 21.1. The maximum absolute atomic E-state index is 11.6. The molecule has 0 spiro atoms. The first-order valence-electron chi connectivity index (χ1n) is 5.48. The van der Waals surface area contributed by atoms with Crippen LogP contribution in [-0.2, 0) is 0 Å². The highest BCUT2D eigenvalue weighted by molar-refractivity contribution is 5.98. The van der Waals surface area contributed by atoms with Gasteiger partial charge in [-0.2, -0.15) is 5.01 Å². The monoisotopic (exact) mass is 333 g/mol. The third kappa shape index (κ3) is 6.19. The van der Waals surface area contributed by atoms with Crippen LogP contribution in [-0.4, -0.2) is 17.7 Å². The van der Waals surface area contributed by atoms with E-state index in [1.54, 1.807) is 31.2 Å². The zero-order chi connectivity index (χ0) is 14.4. The quantitative estimate of drug-likeness (QED) is 0.219. The van der Waals surface area contributed by atoms with Gasteiger partial charge in [-0.1, -0.05) is 29.4 Å². The van der Waals surface area contributed by atoms with Crippen molar-refractivity contribution in [1.29, 1.82) is 10.8 Å². The van der Waals surface area contributed by atoms with Gasteiger partial charge >= 0.3 is 0 Å². The van der Waals surface area contributed by atoms with E-state index in [1.807, 2.05) is 0 Å². The molecule has 116 valence electrons. The Labute approximate surface area is 134 Å². The van der Waals surface area contributed by atoms with E-state index in [1.165, 1.54) is 0 Å². The van der Waals surface area contributed by atoms with Gasteiger partial charge in [0.1, 0.15) is 0 Å². The van der Waals surface area contributed by atoms with E-state index in [9.17, 15) is 4.79 Å². The summed E-state index contributed by atoms with van der Waals surface area (Å²) in [4.78, 5) is 11.6. The molecule has 1 aromatic carbocycles. The van der Waals surface area contributed by atoms with Gasteiger partial charge in [-0.25, -0.2) is 0 Å². The lowest BCUT2D eigenvalue weighted by molar-refractivity contribution is 0.0988. The van der Waals surface area contributed by atoms with Crippen LogP contribution in [0.1, 0.15) is 23.7 Å². The van der Waals surface area contributed by atoms with Crippen molar-refractivity contribution in [3.8, 4) is 0 Å². The lowest BCUT2D eigenvalue weighted by Crippen LogP contribution is -2.32. The van der Waals surface area contributed by atoms with Crippen LogP contribution in [0, 0.1) is 10.8 Å². The Morgan fingerprint density at radius 2 is 1.90 bits per heavy atom. The summed E-state index contributed by atoms with van der Waals surface area (Å²) in [6, 6.07) is 6.48. The largest absolute Gasteiger partial charge is 0.368 e. The first-order chi connectivity index (χ1) is 8.95. The summed E-state index contributed by atoms with van der Waals surface area (Å²) in [5.41, 5.74) is 11.3. The average Bonchev–Trinajstić information content (AvgIpc) is 2.37. The van der Waals surface area contributed by atoms with E-state index in [2.05, 4.69) is 10.3 Å². The minimum atomic E-state index is -0.507. The normalized spacial score (nSPS) is 9.38. The Balaban J connectivity index is 0. The maximum atomic E-state index is 11.6. The fraction of sp³-hybridized carbons (Fsp3) is 0.182. The molecular formula is C11H17Cl2N7O. The van der Waals surface area contributed by atoms with Crippen LogP contribution in [0.25, 0.3) is 0 Å². The zero-order valence-electron chi connectivity index (χ0n) is 11.2. The summed E-state index contributed by atoms with van der Waals surface area (Å²) in [6.45, 7) is 1.76. The van der Waals surface area contributed by atoms with Gasteiger partial charge in [0.2, 0.25) is 11.9 Å². The number of hydrogen-bond acceptors (Lipinski definition) is 4. The molecule has 0 fully saturated rings. The molecule has 8 nitrogen and oxygen atoms in total. The Hall–Kier alpha value is -2.19. The van der Waals surface area contributed by atoms with Crippen molar-refractivity contribution < 1.29 is 4.79 Å². The third-order valence-corrected chi connectivity index (χ3v) is 2.20. The standard InChI is InChI=1S/C11H15N7O.2ClH/c1-2-9(19)7-4-3-5-8(6-7)18(11(14)15)17-16-10(12)13;;/h3-6H,2H2,1H3,(H3,12,13)(H3,14,15);2*1H. The molecule has 0 bridgehead atoms. The van der Waals surface area contributed by atoms with Gasteiger partial charge in [-0.3, -0.25) is 15.6 Å². The lowest BCUT2D eigenvalue weighted by atomic mass is 10.1. The molecule has 21 heavy (non-hydrogen) atoms. The number of rotatable bonds is 4. The Bertz CT molecular complexity index is 547. The molecule has 6 N–H and O–H groups in total. The molecule has 1 rings (SSSR count). The summed E-state index contributed by atoms with van der Waals surface area (Å²) in [5, 5.41) is 22.2. The summed E-state index contributed by atoms with van der Waals surface area (Å²) in [5.74, 6) is -0.938. The molecule has 0 saturated carbocycles. The Morgan fingerprint density at radius 3 is 2.38 bits per heavy atom. The van der Waals surface area contributed by atoms with Crippen molar-refractivity contribution in [2.45, 2.75) is 13.3 Å². The van der Waals surface area contributed by atoms with Crippen LogP contribution in [0.5, 0.6) is 0 Å². The summed E-state index contributed by atoms with van der Waals surface area (Å²) in [7, 11) is 0. The first-order valence-corrected chi connectivity index (χ1v) is 5.48. The average molecular weight is 334 g/mol. The fourth-order valence-corrected chi connectivity index (χ4v) is 1.35. The number of halogens is 2. The number of guanidine groups is 2. The molecule has 0 heterocycles. The number of nitrogens with zero attached hydrogens (tertiary/aromatic N) is 3. The molecule has 0 aliphatic rings. The Kier molecular flexibility index (Phi) is 9.73. The van der Waals surface area contributed by atoms with Crippen LogP contribution in [0.15, 0.2) is 34.6 Å². The van der Waals surface area contributed by atoms with Crippen molar-refractivity contribution in [3.05, 3.63) is 29.8 Å². The van der Waals surface area contributed by atoms with Crippen LogP contribution in [0.3, 0.4) is 0 Å². The maximum Gasteiger partial charge on any atom is 0.234 e. The van der Waals surface area contributed by atoms with Crippen LogP contribution in [0.2, 0.25) is 0 Å². The van der Waals surface area contributed by atoms with Gasteiger partial charge in [0.15, 0.2) is 5.78 Å². The number of carbonyl (C=O) groups excluding carboxylic acids is 1. The second kappa shape index (κ2) is 9.67. The van der Waals surface area contributed by atoms with E-state index in [4.69, 9.17) is 22.3 Å². The number of nitrogens with two attached hydrogens (primary N) is 2. The molecule has 0 aliphatic heterocycles. The molecule has 0 amide bonds. The minimum Gasteiger partial charge on any atom is -0.368 e. The van der Waals surface area contributed by atoms with Crippen molar-refractivity contribution >= 4 is 48.2 Å².